The molecule has 0 unspecified atom stereocenters. The largest absolute Gasteiger partial charge is 0.273 e. The van der Waals surface area contributed by atoms with Crippen LogP contribution >= 0.6 is 36.0 Å². The first-order valence-corrected chi connectivity index (χ1v) is 9.16. The van der Waals surface area contributed by atoms with Crippen LogP contribution < -0.4 is 0 Å². The highest BCUT2D eigenvalue weighted by Gasteiger charge is 2.11. The number of hydrogen-bond donors (Lipinski definition) is 2. The van der Waals surface area contributed by atoms with Crippen molar-refractivity contribution in [2.75, 3.05) is 0 Å². The fourth-order valence-corrected chi connectivity index (χ4v) is 3.12. The van der Waals surface area contributed by atoms with E-state index in [9.17, 15) is 0 Å². The molecule has 0 spiro atoms. The molecule has 27 heavy (non-hydrogen) atoms. The summed E-state index contributed by atoms with van der Waals surface area (Å²) in [5.41, 5.74) is 3.47. The van der Waals surface area contributed by atoms with Gasteiger partial charge in [0.15, 0.2) is 0 Å². The van der Waals surface area contributed by atoms with E-state index < -0.39 is 0 Å². The first-order valence-electron chi connectivity index (χ1n) is 7.97. The predicted octanol–water partition coefficient (Wildman–Crippen LogP) is 4.99. The van der Waals surface area contributed by atoms with Crippen LogP contribution in [0.3, 0.4) is 0 Å². The Hall–Kier alpha value is -2.81. The van der Waals surface area contributed by atoms with Gasteiger partial charge >= 0.3 is 0 Å². The molecule has 2 N–H and O–H groups in total. The molecule has 2 aromatic heterocycles. The lowest BCUT2D eigenvalue weighted by atomic mass is 10.1. The van der Waals surface area contributed by atoms with Crippen LogP contribution in [0, 0.1) is 9.54 Å². The molecule has 0 radical (unpaired) electrons. The molecule has 4 aromatic rings. The normalized spacial score (nSPS) is 11.3. The summed E-state index contributed by atoms with van der Waals surface area (Å²) in [5, 5.41) is 15.3. The van der Waals surface area contributed by atoms with Gasteiger partial charge in [-0.3, -0.25) is 10.2 Å². The van der Waals surface area contributed by atoms with Gasteiger partial charge in [-0.25, -0.2) is 4.68 Å². The van der Waals surface area contributed by atoms with Crippen molar-refractivity contribution in [3.05, 3.63) is 80.9 Å². The van der Waals surface area contributed by atoms with Gasteiger partial charge in [-0.05, 0) is 48.7 Å². The van der Waals surface area contributed by atoms with Crippen LogP contribution in [-0.4, -0.2) is 30.9 Å². The molecule has 0 atom stereocenters. The minimum atomic E-state index is 0.389. The van der Waals surface area contributed by atoms with E-state index in [0.29, 0.717) is 14.6 Å². The third kappa shape index (κ3) is 3.68. The van der Waals surface area contributed by atoms with Gasteiger partial charge in [0, 0.05) is 22.3 Å². The molecule has 134 valence electrons. The zero-order valence-electron chi connectivity index (χ0n) is 13.8. The molecule has 6 nitrogen and oxygen atoms in total. The van der Waals surface area contributed by atoms with E-state index in [-0.39, 0.29) is 0 Å². The summed E-state index contributed by atoms with van der Waals surface area (Å²) < 4.78 is 4.03. The molecule has 0 aliphatic carbocycles. The second kappa shape index (κ2) is 7.43. The molecule has 2 aromatic carbocycles. The summed E-state index contributed by atoms with van der Waals surface area (Å²) in [7, 11) is 0. The summed E-state index contributed by atoms with van der Waals surface area (Å²) in [6.45, 7) is 0. The van der Waals surface area contributed by atoms with Crippen LogP contribution in [-0.2, 0) is 0 Å². The minimum absolute atomic E-state index is 0.389. The SMILES string of the molecule is S=c1[nH][nH]c(=S)n1/N=C\c1cn(-c2ccccc2)nc1-c1ccc(Cl)cc1. The van der Waals surface area contributed by atoms with Gasteiger partial charge in [-0.15, -0.1) is 0 Å². The monoisotopic (exact) mass is 412 g/mol. The van der Waals surface area contributed by atoms with E-state index in [0.717, 1.165) is 22.5 Å². The van der Waals surface area contributed by atoms with Gasteiger partial charge in [-0.1, -0.05) is 41.9 Å². The van der Waals surface area contributed by atoms with Gasteiger partial charge in [0.05, 0.1) is 11.9 Å². The number of rotatable bonds is 4. The summed E-state index contributed by atoms with van der Waals surface area (Å²) in [6.07, 6.45) is 3.59. The summed E-state index contributed by atoms with van der Waals surface area (Å²) in [6, 6.07) is 17.4. The topological polar surface area (TPSA) is 66.7 Å². The summed E-state index contributed by atoms with van der Waals surface area (Å²) in [4.78, 5) is 0. The van der Waals surface area contributed by atoms with E-state index in [4.69, 9.17) is 41.1 Å². The lowest BCUT2D eigenvalue weighted by molar-refractivity contribution is 0.848. The maximum atomic E-state index is 6.02. The van der Waals surface area contributed by atoms with Crippen molar-refractivity contribution in [2.24, 2.45) is 5.10 Å². The standard InChI is InChI=1S/C18H13ClN6S2/c19-14-8-6-12(7-9-14)16-13(10-20-25-17(26)21-22-18(25)27)11-24(23-16)15-4-2-1-3-5-15/h1-11H,(H,21,26)(H,22,27)/b20-10-. The van der Waals surface area contributed by atoms with E-state index in [1.54, 1.807) is 6.21 Å². The Morgan fingerprint density at radius 2 is 1.63 bits per heavy atom. The fraction of sp³-hybridized carbons (Fsp3) is 0. The molecule has 0 saturated carbocycles. The number of hydrogen-bond acceptors (Lipinski definition) is 4. The number of aromatic amines is 2. The molecule has 0 saturated heterocycles. The second-order valence-corrected chi connectivity index (χ2v) is 6.85. The van der Waals surface area contributed by atoms with Crippen molar-refractivity contribution in [2.45, 2.75) is 0 Å². The van der Waals surface area contributed by atoms with Crippen molar-refractivity contribution in [3.8, 4) is 16.9 Å². The van der Waals surface area contributed by atoms with Gasteiger partial charge in [0.2, 0.25) is 9.54 Å². The third-order valence-electron chi connectivity index (χ3n) is 3.85. The van der Waals surface area contributed by atoms with Crippen molar-refractivity contribution in [1.29, 1.82) is 0 Å². The molecule has 0 amide bonds. The number of benzene rings is 2. The van der Waals surface area contributed by atoms with E-state index in [2.05, 4.69) is 15.3 Å². The van der Waals surface area contributed by atoms with Gasteiger partial charge in [0.1, 0.15) is 5.69 Å². The van der Waals surface area contributed by atoms with Crippen LogP contribution in [0.25, 0.3) is 16.9 Å². The molecule has 0 fully saturated rings. The smallest absolute Gasteiger partial charge is 0.215 e. The predicted molar refractivity (Wildman–Crippen MR) is 112 cm³/mol. The Morgan fingerprint density at radius 3 is 2.30 bits per heavy atom. The molecule has 0 bridgehead atoms. The van der Waals surface area contributed by atoms with Gasteiger partial charge in [-0.2, -0.15) is 14.9 Å². The minimum Gasteiger partial charge on any atom is -0.273 e. The van der Waals surface area contributed by atoms with Gasteiger partial charge < -0.3 is 0 Å². The maximum Gasteiger partial charge on any atom is 0.215 e. The van der Waals surface area contributed by atoms with Crippen molar-refractivity contribution in [3.63, 3.8) is 0 Å². The second-order valence-electron chi connectivity index (χ2n) is 5.64. The Kier molecular flexibility index (Phi) is 4.85. The average Bonchev–Trinajstić information content (AvgIpc) is 3.25. The van der Waals surface area contributed by atoms with Crippen LogP contribution in [0.1, 0.15) is 5.56 Å². The average molecular weight is 413 g/mol. The van der Waals surface area contributed by atoms with Crippen LogP contribution in [0.5, 0.6) is 0 Å². The van der Waals surface area contributed by atoms with Crippen molar-refractivity contribution in [1.82, 2.24) is 24.7 Å². The van der Waals surface area contributed by atoms with Gasteiger partial charge in [0.25, 0.3) is 0 Å². The number of nitrogens with one attached hydrogen (secondary N) is 2. The number of halogens is 1. The van der Waals surface area contributed by atoms with Crippen LogP contribution in [0.2, 0.25) is 5.02 Å². The zero-order valence-corrected chi connectivity index (χ0v) is 16.2. The fourth-order valence-electron chi connectivity index (χ4n) is 2.56. The highest BCUT2D eigenvalue weighted by Crippen LogP contribution is 2.24. The molecule has 0 aliphatic rings. The van der Waals surface area contributed by atoms with Crippen molar-refractivity contribution >= 4 is 42.3 Å². The van der Waals surface area contributed by atoms with E-state index in [1.807, 2.05) is 65.5 Å². The quantitative estimate of drug-likeness (QED) is 0.366. The molecule has 2 heterocycles. The first kappa shape index (κ1) is 17.6. The Bertz CT molecular complexity index is 1190. The summed E-state index contributed by atoms with van der Waals surface area (Å²) >= 11 is 16.4. The highest BCUT2D eigenvalue weighted by atomic mass is 35.5. The highest BCUT2D eigenvalue weighted by molar-refractivity contribution is 7.72. The molecule has 0 aliphatic heterocycles. The number of nitrogens with zero attached hydrogens (tertiary/aromatic N) is 4. The van der Waals surface area contributed by atoms with Crippen LogP contribution in [0.4, 0.5) is 0 Å². The number of para-hydroxylation sites is 1. The first-order chi connectivity index (χ1) is 13.1. The van der Waals surface area contributed by atoms with Crippen LogP contribution in [0.15, 0.2) is 65.9 Å². The number of H-pyrrole nitrogens is 2. The maximum absolute atomic E-state index is 6.02. The van der Waals surface area contributed by atoms with Crippen molar-refractivity contribution < 1.29 is 0 Å². The Balaban J connectivity index is 1.83. The third-order valence-corrected chi connectivity index (χ3v) is 4.66. The Morgan fingerprint density at radius 1 is 0.963 bits per heavy atom. The zero-order chi connectivity index (χ0) is 18.8. The molecular formula is C18H13ClN6S2. The molecule has 4 rings (SSSR count). The van der Waals surface area contributed by atoms with E-state index >= 15 is 0 Å². The summed E-state index contributed by atoms with van der Waals surface area (Å²) in [5.74, 6) is 0. The molecular weight excluding hydrogens is 400 g/mol. The van der Waals surface area contributed by atoms with E-state index in [1.165, 1.54) is 4.68 Å². The number of aromatic nitrogens is 5. The molecule has 9 heteroatoms. The Labute approximate surface area is 169 Å². The lowest BCUT2D eigenvalue weighted by Gasteiger charge is -2.00. The lowest BCUT2D eigenvalue weighted by Crippen LogP contribution is -1.93.